The minimum absolute atomic E-state index is 0.434. The molecule has 2 N–H and O–H groups in total. The number of para-hydroxylation sites is 1. The van der Waals surface area contributed by atoms with Crippen molar-refractivity contribution in [1.82, 2.24) is 9.88 Å². The molecule has 1 heterocycles. The molecule has 0 unspecified atom stereocenters. The highest BCUT2D eigenvalue weighted by Crippen LogP contribution is 2.07. The van der Waals surface area contributed by atoms with Gasteiger partial charge in [0.25, 0.3) is 0 Å². The van der Waals surface area contributed by atoms with Crippen LogP contribution in [-0.4, -0.2) is 56.4 Å². The average Bonchev–Trinajstić information content (AvgIpc) is 2.70. The van der Waals surface area contributed by atoms with Gasteiger partial charge in [-0.1, -0.05) is 38.1 Å². The lowest BCUT2D eigenvalue weighted by Gasteiger charge is -2.17. The molecule has 0 spiro atoms. The number of carbonyl (C=O) groups is 1. The number of aromatic nitrogens is 1. The van der Waals surface area contributed by atoms with Crippen LogP contribution in [0.2, 0.25) is 0 Å². The van der Waals surface area contributed by atoms with Crippen LogP contribution in [0.4, 0.5) is 4.79 Å². The first-order chi connectivity index (χ1) is 12.2. The van der Waals surface area contributed by atoms with Crippen molar-refractivity contribution < 1.29 is 14.3 Å². The summed E-state index contributed by atoms with van der Waals surface area (Å²) in [5.41, 5.74) is 5.56. The number of hydrogen-bond donors (Lipinski definition) is 1. The first kappa shape index (κ1) is 22.8. The lowest BCUT2D eigenvalue weighted by atomic mass is 10.2. The Morgan fingerprint density at radius 3 is 2.36 bits per heavy atom. The van der Waals surface area contributed by atoms with Crippen molar-refractivity contribution in [3.8, 4) is 0 Å². The Hall–Kier alpha value is -2.18. The largest absolute Gasteiger partial charge is 0.507 e. The number of fused-ring (bicyclic) bond motifs is 1. The van der Waals surface area contributed by atoms with Gasteiger partial charge in [-0.15, -0.1) is 0 Å². The third-order valence-electron chi connectivity index (χ3n) is 3.41. The van der Waals surface area contributed by atoms with E-state index >= 15 is 0 Å². The molecule has 0 atom stereocenters. The lowest BCUT2D eigenvalue weighted by Crippen LogP contribution is -2.25. The van der Waals surface area contributed by atoms with Crippen LogP contribution in [0.1, 0.15) is 20.3 Å². The molecule has 6 nitrogen and oxygen atoms in total. The number of rotatable bonds is 6. The number of benzene rings is 1. The molecule has 0 saturated heterocycles. The van der Waals surface area contributed by atoms with E-state index in [-0.39, 0.29) is 0 Å². The Morgan fingerprint density at radius 2 is 1.76 bits per heavy atom. The third-order valence-corrected chi connectivity index (χ3v) is 3.41. The van der Waals surface area contributed by atoms with Crippen LogP contribution in [0.15, 0.2) is 42.6 Å². The van der Waals surface area contributed by atoms with Gasteiger partial charge in [0.15, 0.2) is 0 Å². The van der Waals surface area contributed by atoms with Gasteiger partial charge in [-0.25, -0.2) is 4.79 Å². The van der Waals surface area contributed by atoms with Gasteiger partial charge in [-0.3, -0.25) is 4.98 Å². The molecule has 2 rings (SSSR count). The van der Waals surface area contributed by atoms with Gasteiger partial charge in [0.2, 0.25) is 0 Å². The number of carbonyl (C=O) groups excluding carboxylic acids is 1. The van der Waals surface area contributed by atoms with E-state index in [4.69, 9.17) is 4.74 Å². The zero-order valence-corrected chi connectivity index (χ0v) is 15.8. The van der Waals surface area contributed by atoms with Crippen LogP contribution in [0.5, 0.6) is 0 Å². The summed E-state index contributed by atoms with van der Waals surface area (Å²) >= 11 is 0. The molecule has 1 aromatic carbocycles. The normalized spacial score (nSPS) is 9.52. The smallest absolute Gasteiger partial charge is 0.438 e. The summed E-state index contributed by atoms with van der Waals surface area (Å²) in [6.45, 7) is 7.70. The maximum atomic E-state index is 10.5. The predicted octanol–water partition coefficient (Wildman–Crippen LogP) is 3.31. The molecule has 0 aliphatic rings. The fraction of sp³-hybridized carbons (Fsp3) is 0.474. The molecule has 0 saturated carbocycles. The second kappa shape index (κ2) is 15.4. The quantitative estimate of drug-likeness (QED) is 0.637. The van der Waals surface area contributed by atoms with Crippen LogP contribution in [0.3, 0.4) is 0 Å². The average molecular weight is 349 g/mol. The molecule has 0 bridgehead atoms. The molecule has 0 fully saturated rings. The standard InChI is InChI=1S/C9H19NO3.C9H7N.CH5N/c1-4-10(5-2)7-6-8-13-9(11)12-3;1-2-6-9-8(4-1)5-3-7-10-9;1-2/h4-8H2,1-3H3;1-7H;2H2,1H3. The Labute approximate surface area is 150 Å². The van der Waals surface area contributed by atoms with E-state index in [9.17, 15) is 4.79 Å². The SMILES string of the molecule is CCN(CC)CCCOC(=O)OC.CN.c1ccc2ncccc2c1. The molecule has 25 heavy (non-hydrogen) atoms. The van der Waals surface area contributed by atoms with Gasteiger partial charge < -0.3 is 20.1 Å². The molecule has 2 aromatic rings. The molecule has 1 aromatic heterocycles. The predicted molar refractivity (Wildman–Crippen MR) is 103 cm³/mol. The van der Waals surface area contributed by atoms with Gasteiger partial charge in [0, 0.05) is 18.1 Å². The minimum atomic E-state index is -0.598. The zero-order chi connectivity index (χ0) is 18.9. The van der Waals surface area contributed by atoms with Gasteiger partial charge in [-0.2, -0.15) is 0 Å². The Balaban J connectivity index is 0.000000426. The number of methoxy groups -OCH3 is 1. The van der Waals surface area contributed by atoms with Crippen molar-refractivity contribution in [3.05, 3.63) is 42.6 Å². The highest BCUT2D eigenvalue weighted by Gasteiger charge is 2.01. The van der Waals surface area contributed by atoms with Crippen molar-refractivity contribution in [2.24, 2.45) is 5.73 Å². The van der Waals surface area contributed by atoms with Crippen LogP contribution in [0, 0.1) is 0 Å². The minimum Gasteiger partial charge on any atom is -0.438 e. The second-order valence-electron chi connectivity index (χ2n) is 4.88. The van der Waals surface area contributed by atoms with Crippen LogP contribution in [-0.2, 0) is 9.47 Å². The van der Waals surface area contributed by atoms with E-state index in [0.29, 0.717) is 6.61 Å². The Morgan fingerprint density at radius 1 is 1.12 bits per heavy atom. The monoisotopic (exact) mass is 349 g/mol. The zero-order valence-electron chi connectivity index (χ0n) is 15.8. The fourth-order valence-corrected chi connectivity index (χ4v) is 2.06. The van der Waals surface area contributed by atoms with Crippen LogP contribution < -0.4 is 5.73 Å². The van der Waals surface area contributed by atoms with E-state index in [0.717, 1.165) is 31.6 Å². The van der Waals surface area contributed by atoms with Crippen LogP contribution >= 0.6 is 0 Å². The maximum Gasteiger partial charge on any atom is 0.507 e. The number of nitrogens with two attached hydrogens (primary N) is 1. The molecule has 0 aliphatic carbocycles. The molecular weight excluding hydrogens is 318 g/mol. The first-order valence-electron chi connectivity index (χ1n) is 8.51. The summed E-state index contributed by atoms with van der Waals surface area (Å²) in [4.78, 5) is 17.0. The van der Waals surface area contributed by atoms with Crippen molar-refractivity contribution in [1.29, 1.82) is 0 Å². The van der Waals surface area contributed by atoms with Gasteiger partial charge in [0.05, 0.1) is 19.2 Å². The molecule has 0 radical (unpaired) electrons. The van der Waals surface area contributed by atoms with Crippen molar-refractivity contribution >= 4 is 17.1 Å². The Kier molecular flexibility index (Phi) is 14.0. The van der Waals surface area contributed by atoms with Crippen LogP contribution in [0.25, 0.3) is 10.9 Å². The van der Waals surface area contributed by atoms with Crippen molar-refractivity contribution in [2.45, 2.75) is 20.3 Å². The number of ether oxygens (including phenoxy) is 2. The van der Waals surface area contributed by atoms with E-state index in [1.54, 1.807) is 0 Å². The fourth-order valence-electron chi connectivity index (χ4n) is 2.06. The van der Waals surface area contributed by atoms with E-state index in [1.165, 1.54) is 19.5 Å². The summed E-state index contributed by atoms with van der Waals surface area (Å²) < 4.78 is 9.08. The van der Waals surface area contributed by atoms with E-state index in [1.807, 2.05) is 30.5 Å². The summed E-state index contributed by atoms with van der Waals surface area (Å²) in [6.07, 6.45) is 2.07. The highest BCUT2D eigenvalue weighted by atomic mass is 16.7. The summed E-state index contributed by atoms with van der Waals surface area (Å²) in [6, 6.07) is 12.1. The summed E-state index contributed by atoms with van der Waals surface area (Å²) in [5.74, 6) is 0. The molecule has 0 aliphatic heterocycles. The van der Waals surface area contributed by atoms with E-state index < -0.39 is 6.16 Å². The van der Waals surface area contributed by atoms with Gasteiger partial charge in [0.1, 0.15) is 0 Å². The summed E-state index contributed by atoms with van der Waals surface area (Å²) in [7, 11) is 2.81. The van der Waals surface area contributed by atoms with Gasteiger partial charge >= 0.3 is 6.16 Å². The highest BCUT2D eigenvalue weighted by molar-refractivity contribution is 5.77. The number of hydrogen-bond acceptors (Lipinski definition) is 6. The first-order valence-corrected chi connectivity index (χ1v) is 8.51. The van der Waals surface area contributed by atoms with Gasteiger partial charge in [-0.05, 0) is 38.7 Å². The number of nitrogens with zero attached hydrogens (tertiary/aromatic N) is 2. The lowest BCUT2D eigenvalue weighted by molar-refractivity contribution is 0.0694. The van der Waals surface area contributed by atoms with Crippen molar-refractivity contribution in [2.75, 3.05) is 40.4 Å². The third kappa shape index (κ3) is 10.3. The van der Waals surface area contributed by atoms with E-state index in [2.05, 4.69) is 46.3 Å². The molecule has 0 amide bonds. The Bertz CT molecular complexity index is 509. The molecular formula is C19H31N3O3. The summed E-state index contributed by atoms with van der Waals surface area (Å²) in [5, 5.41) is 1.20. The second-order valence-corrected chi connectivity index (χ2v) is 4.88. The number of pyridine rings is 1. The molecule has 140 valence electrons. The molecule has 6 heteroatoms. The van der Waals surface area contributed by atoms with Crippen molar-refractivity contribution in [3.63, 3.8) is 0 Å². The topological polar surface area (TPSA) is 77.7 Å². The maximum absolute atomic E-state index is 10.5.